The maximum atomic E-state index is 13.0. The summed E-state index contributed by atoms with van der Waals surface area (Å²) in [6.07, 6.45) is 1.88. The highest BCUT2D eigenvalue weighted by Gasteiger charge is 2.36. The molecular weight excluding hydrogens is 444 g/mol. The lowest BCUT2D eigenvalue weighted by atomic mass is 10.2. The SMILES string of the molecule is Cc1c(S(=O)(=O)N[C@H]2CCN(Cc3cccnc3C#N)C2=O)sc2ccc(Cl)cc12. The zero-order chi connectivity index (χ0) is 21.5. The zero-order valence-electron chi connectivity index (χ0n) is 15.9. The molecule has 1 fully saturated rings. The van der Waals surface area contributed by atoms with Gasteiger partial charge in [-0.15, -0.1) is 11.3 Å². The normalized spacial score (nSPS) is 16.9. The summed E-state index contributed by atoms with van der Waals surface area (Å²) in [4.78, 5) is 18.3. The molecule has 1 atom stereocenters. The van der Waals surface area contributed by atoms with Gasteiger partial charge in [-0.3, -0.25) is 4.79 Å². The van der Waals surface area contributed by atoms with Crippen LogP contribution in [0.1, 0.15) is 23.2 Å². The number of carbonyl (C=O) groups excluding carboxylic acids is 1. The van der Waals surface area contributed by atoms with Gasteiger partial charge in [0.2, 0.25) is 5.91 Å². The van der Waals surface area contributed by atoms with Crippen LogP contribution in [0.5, 0.6) is 0 Å². The summed E-state index contributed by atoms with van der Waals surface area (Å²) >= 11 is 7.19. The van der Waals surface area contributed by atoms with Crippen molar-refractivity contribution in [1.29, 1.82) is 5.26 Å². The third-order valence-corrected chi connectivity index (χ3v) is 8.65. The molecule has 1 aromatic carbocycles. The standard InChI is InChI=1S/C20H17ClN4O3S2/c1-12-15-9-14(21)4-5-18(15)29-20(12)30(27,28)24-16-6-8-25(19(16)26)11-13-3-2-7-23-17(13)10-22/h2-5,7,9,16,24H,6,8,11H2,1H3/t16-/m0/s1. The Morgan fingerprint density at radius 2 is 2.20 bits per heavy atom. The van der Waals surface area contributed by atoms with E-state index in [-0.39, 0.29) is 22.4 Å². The van der Waals surface area contributed by atoms with Crippen molar-refractivity contribution in [3.63, 3.8) is 0 Å². The van der Waals surface area contributed by atoms with Crippen LogP contribution in [0.15, 0.2) is 40.7 Å². The van der Waals surface area contributed by atoms with Gasteiger partial charge in [-0.05, 0) is 48.6 Å². The van der Waals surface area contributed by atoms with Crippen LogP contribution in [-0.2, 0) is 21.4 Å². The fraction of sp³-hybridized carbons (Fsp3) is 0.250. The Balaban J connectivity index is 1.54. The number of fused-ring (bicyclic) bond motifs is 1. The Kier molecular flexibility index (Phi) is 5.51. The molecular formula is C20H17ClN4O3S2. The smallest absolute Gasteiger partial charge is 0.251 e. The maximum Gasteiger partial charge on any atom is 0.251 e. The molecule has 0 radical (unpaired) electrons. The average molecular weight is 461 g/mol. The maximum absolute atomic E-state index is 13.0. The Morgan fingerprint density at radius 1 is 1.40 bits per heavy atom. The fourth-order valence-corrected chi connectivity index (χ4v) is 6.70. The number of hydrogen-bond acceptors (Lipinski definition) is 6. The van der Waals surface area contributed by atoms with E-state index in [1.807, 2.05) is 6.07 Å². The first-order valence-corrected chi connectivity index (χ1v) is 11.8. The van der Waals surface area contributed by atoms with Crippen LogP contribution in [0.2, 0.25) is 5.02 Å². The third-order valence-electron chi connectivity index (χ3n) is 5.05. The van der Waals surface area contributed by atoms with E-state index in [0.717, 1.165) is 21.4 Å². The molecule has 30 heavy (non-hydrogen) atoms. The lowest BCUT2D eigenvalue weighted by Gasteiger charge is -2.17. The summed E-state index contributed by atoms with van der Waals surface area (Å²) < 4.78 is 29.6. The molecule has 154 valence electrons. The highest BCUT2D eigenvalue weighted by atomic mass is 35.5. The lowest BCUT2D eigenvalue weighted by molar-refractivity contribution is -0.129. The van der Waals surface area contributed by atoms with Crippen LogP contribution in [0.3, 0.4) is 0 Å². The highest BCUT2D eigenvalue weighted by Crippen LogP contribution is 2.35. The number of carbonyl (C=O) groups is 1. The van der Waals surface area contributed by atoms with Gasteiger partial charge in [0.15, 0.2) is 0 Å². The first-order chi connectivity index (χ1) is 14.3. The predicted molar refractivity (Wildman–Crippen MR) is 115 cm³/mol. The number of pyridine rings is 1. The quantitative estimate of drug-likeness (QED) is 0.629. The number of benzene rings is 1. The van der Waals surface area contributed by atoms with E-state index in [1.165, 1.54) is 6.20 Å². The summed E-state index contributed by atoms with van der Waals surface area (Å²) in [6.45, 7) is 2.35. The van der Waals surface area contributed by atoms with Crippen molar-refractivity contribution in [2.24, 2.45) is 0 Å². The predicted octanol–water partition coefficient (Wildman–Crippen LogP) is 3.21. The van der Waals surface area contributed by atoms with Crippen molar-refractivity contribution < 1.29 is 13.2 Å². The second kappa shape index (κ2) is 7.96. The minimum absolute atomic E-state index is 0.185. The summed E-state index contributed by atoms with van der Waals surface area (Å²) in [5.74, 6) is -0.312. The van der Waals surface area contributed by atoms with Crippen molar-refractivity contribution in [1.82, 2.24) is 14.6 Å². The average Bonchev–Trinajstić information content (AvgIpc) is 3.23. The van der Waals surface area contributed by atoms with Crippen molar-refractivity contribution in [2.45, 2.75) is 30.1 Å². The number of hydrogen-bond donors (Lipinski definition) is 1. The van der Waals surface area contributed by atoms with E-state index in [2.05, 4.69) is 9.71 Å². The van der Waals surface area contributed by atoms with Crippen LogP contribution < -0.4 is 4.72 Å². The molecule has 10 heteroatoms. The zero-order valence-corrected chi connectivity index (χ0v) is 18.3. The van der Waals surface area contributed by atoms with Crippen LogP contribution >= 0.6 is 22.9 Å². The van der Waals surface area contributed by atoms with Crippen LogP contribution in [0, 0.1) is 18.3 Å². The fourth-order valence-electron chi connectivity index (χ4n) is 3.55. The van der Waals surface area contributed by atoms with Gasteiger partial charge in [-0.1, -0.05) is 17.7 Å². The molecule has 0 aliphatic carbocycles. The van der Waals surface area contributed by atoms with Gasteiger partial charge in [0.25, 0.3) is 10.0 Å². The van der Waals surface area contributed by atoms with Gasteiger partial charge in [0.1, 0.15) is 22.0 Å². The number of nitriles is 1. The lowest BCUT2D eigenvalue weighted by Crippen LogP contribution is -2.41. The van der Waals surface area contributed by atoms with Gasteiger partial charge in [-0.2, -0.15) is 9.98 Å². The number of thiophene rings is 1. The molecule has 0 unspecified atom stereocenters. The monoisotopic (exact) mass is 460 g/mol. The number of halogens is 1. The Morgan fingerprint density at radius 3 is 2.97 bits per heavy atom. The van der Waals surface area contributed by atoms with Crippen LogP contribution in [-0.4, -0.2) is 36.8 Å². The van der Waals surface area contributed by atoms with E-state index in [0.29, 0.717) is 29.1 Å². The van der Waals surface area contributed by atoms with E-state index in [4.69, 9.17) is 11.6 Å². The van der Waals surface area contributed by atoms with Gasteiger partial charge in [0.05, 0.1) is 0 Å². The van der Waals surface area contributed by atoms with Crippen molar-refractivity contribution >= 4 is 49.0 Å². The van der Waals surface area contributed by atoms with E-state index < -0.39 is 16.1 Å². The first kappa shape index (κ1) is 20.8. The summed E-state index contributed by atoms with van der Waals surface area (Å²) in [7, 11) is -3.88. The molecule has 4 rings (SSSR count). The van der Waals surface area contributed by atoms with E-state index in [9.17, 15) is 18.5 Å². The highest BCUT2D eigenvalue weighted by molar-refractivity contribution is 7.91. The van der Waals surface area contributed by atoms with Crippen molar-refractivity contribution in [2.75, 3.05) is 6.54 Å². The minimum atomic E-state index is -3.88. The van der Waals surface area contributed by atoms with Gasteiger partial charge in [-0.25, -0.2) is 13.4 Å². The molecule has 1 saturated heterocycles. The minimum Gasteiger partial charge on any atom is -0.337 e. The van der Waals surface area contributed by atoms with E-state index in [1.54, 1.807) is 42.2 Å². The second-order valence-corrected chi connectivity index (χ2v) is 10.4. The molecule has 1 amide bonds. The number of sulfonamides is 1. The molecule has 1 N–H and O–H groups in total. The number of amides is 1. The molecule has 0 saturated carbocycles. The number of aryl methyl sites for hydroxylation is 1. The van der Waals surface area contributed by atoms with Gasteiger partial charge in [0, 0.05) is 34.6 Å². The Hall–Kier alpha value is -2.51. The van der Waals surface area contributed by atoms with Gasteiger partial charge < -0.3 is 4.90 Å². The Bertz CT molecular complexity index is 1300. The first-order valence-electron chi connectivity index (χ1n) is 9.14. The molecule has 7 nitrogen and oxygen atoms in total. The Labute approximate surface area is 183 Å². The topological polar surface area (TPSA) is 103 Å². The third kappa shape index (κ3) is 3.79. The number of aromatic nitrogens is 1. The number of nitrogens with one attached hydrogen (secondary N) is 1. The molecule has 3 heterocycles. The molecule has 0 bridgehead atoms. The molecule has 3 aromatic rings. The number of rotatable bonds is 5. The largest absolute Gasteiger partial charge is 0.337 e. The molecule has 1 aliphatic heterocycles. The second-order valence-electron chi connectivity index (χ2n) is 7.00. The number of likely N-dealkylation sites (tertiary alicyclic amines) is 1. The summed E-state index contributed by atoms with van der Waals surface area (Å²) in [6, 6.07) is 9.86. The number of nitrogens with zero attached hydrogens (tertiary/aromatic N) is 3. The van der Waals surface area contributed by atoms with Gasteiger partial charge >= 0.3 is 0 Å². The molecule has 2 aromatic heterocycles. The summed E-state index contributed by atoms with van der Waals surface area (Å²) in [5.41, 5.74) is 1.50. The summed E-state index contributed by atoms with van der Waals surface area (Å²) in [5, 5.41) is 10.5. The van der Waals surface area contributed by atoms with Crippen molar-refractivity contribution in [3.8, 4) is 6.07 Å². The van der Waals surface area contributed by atoms with Crippen LogP contribution in [0.4, 0.5) is 0 Å². The molecule has 1 aliphatic rings. The molecule has 0 spiro atoms. The van der Waals surface area contributed by atoms with E-state index >= 15 is 0 Å². The van der Waals surface area contributed by atoms with Crippen LogP contribution in [0.25, 0.3) is 10.1 Å². The van der Waals surface area contributed by atoms with Crippen molar-refractivity contribution in [3.05, 3.63) is 58.4 Å².